The molecule has 7 heteroatoms. The zero-order chi connectivity index (χ0) is 24.3. The Morgan fingerprint density at radius 2 is 1.86 bits per heavy atom. The van der Waals surface area contributed by atoms with Gasteiger partial charge in [0.25, 0.3) is 0 Å². The molecule has 0 radical (unpaired) electrons. The lowest BCUT2D eigenvalue weighted by Gasteiger charge is -2.39. The Labute approximate surface area is 205 Å². The molecule has 1 aliphatic rings. The van der Waals surface area contributed by atoms with Crippen LogP contribution in [0.1, 0.15) is 44.6 Å². The number of aromatic amines is 1. The number of aryl methyl sites for hydroxylation is 1. The van der Waals surface area contributed by atoms with E-state index < -0.39 is 0 Å². The number of fused-ring (bicyclic) bond motifs is 1. The lowest BCUT2D eigenvalue weighted by molar-refractivity contribution is -0.108. The van der Waals surface area contributed by atoms with E-state index in [9.17, 15) is 4.79 Å². The number of hydrogen-bond acceptors (Lipinski definition) is 6. The van der Waals surface area contributed by atoms with Gasteiger partial charge in [-0.2, -0.15) is 0 Å². The van der Waals surface area contributed by atoms with Gasteiger partial charge in [0.05, 0.1) is 16.7 Å². The number of rotatable bonds is 8. The third-order valence-corrected chi connectivity index (χ3v) is 7.11. The van der Waals surface area contributed by atoms with Crippen molar-refractivity contribution in [2.75, 3.05) is 18.0 Å². The zero-order valence-electron chi connectivity index (χ0n) is 20.2. The third kappa shape index (κ3) is 5.10. The van der Waals surface area contributed by atoms with Gasteiger partial charge in [0.1, 0.15) is 17.9 Å². The van der Waals surface area contributed by atoms with Crippen LogP contribution in [0.2, 0.25) is 0 Å². The minimum Gasteiger partial charge on any atom is -0.356 e. The summed E-state index contributed by atoms with van der Waals surface area (Å²) < 4.78 is 0. The quantitative estimate of drug-likeness (QED) is 0.281. The molecule has 0 bridgehead atoms. The molecule has 4 aromatic rings. The molecule has 0 aliphatic carbocycles. The summed E-state index contributed by atoms with van der Waals surface area (Å²) in [7, 11) is 0. The number of anilines is 1. The van der Waals surface area contributed by atoms with Crippen molar-refractivity contribution in [3.63, 3.8) is 0 Å². The number of nitrogens with two attached hydrogens (primary N) is 1. The third-order valence-electron chi connectivity index (χ3n) is 7.11. The van der Waals surface area contributed by atoms with Crippen LogP contribution in [-0.2, 0) is 11.2 Å². The smallest absolute Gasteiger partial charge is 0.140 e. The van der Waals surface area contributed by atoms with E-state index in [0.717, 1.165) is 91.0 Å². The Kier molecular flexibility index (Phi) is 6.59. The fraction of sp³-hybridized carbons (Fsp3) is 0.357. The van der Waals surface area contributed by atoms with Gasteiger partial charge in [-0.15, -0.1) is 0 Å². The number of aldehydes is 1. The summed E-state index contributed by atoms with van der Waals surface area (Å²) in [5, 5.41) is 0. The van der Waals surface area contributed by atoms with Crippen LogP contribution in [0.15, 0.2) is 54.9 Å². The first kappa shape index (κ1) is 23.2. The minimum atomic E-state index is -0.163. The molecule has 5 rings (SSSR count). The number of unbranched alkanes of at least 4 members (excludes halogenated alkanes) is 1. The van der Waals surface area contributed by atoms with Crippen LogP contribution in [0.4, 0.5) is 5.82 Å². The normalized spacial score (nSPS) is 15.4. The van der Waals surface area contributed by atoms with Gasteiger partial charge < -0.3 is 20.4 Å². The molecule has 0 amide bonds. The highest BCUT2D eigenvalue weighted by molar-refractivity contribution is 5.80. The predicted molar refractivity (Wildman–Crippen MR) is 140 cm³/mol. The number of hydrogen-bond donors (Lipinski definition) is 2. The SMILES string of the molecule is CCc1ccc2nc(-c3ccc(-c4ccc(N5CCC(N)(CCCC=O)CC5)nc4)nc3)[nH]c2c1. The van der Waals surface area contributed by atoms with Crippen LogP contribution in [0.3, 0.4) is 0 Å². The predicted octanol–water partition coefficient (Wildman–Crippen LogP) is 4.92. The molecule has 180 valence electrons. The number of carbonyl (C=O) groups is 1. The lowest BCUT2D eigenvalue weighted by Crippen LogP contribution is -2.50. The molecular weight excluding hydrogens is 436 g/mol. The van der Waals surface area contributed by atoms with E-state index >= 15 is 0 Å². The molecule has 1 aliphatic heterocycles. The molecule has 35 heavy (non-hydrogen) atoms. The molecule has 4 heterocycles. The van der Waals surface area contributed by atoms with E-state index in [2.05, 4.69) is 52.1 Å². The molecule has 0 saturated carbocycles. The van der Waals surface area contributed by atoms with Crippen molar-refractivity contribution in [1.29, 1.82) is 0 Å². The van der Waals surface area contributed by atoms with Gasteiger partial charge >= 0.3 is 0 Å². The summed E-state index contributed by atoms with van der Waals surface area (Å²) in [6.07, 6.45) is 9.93. The summed E-state index contributed by atoms with van der Waals surface area (Å²) in [5.41, 5.74) is 12.5. The van der Waals surface area contributed by atoms with Crippen molar-refractivity contribution in [2.45, 2.75) is 51.0 Å². The second-order valence-electron chi connectivity index (χ2n) is 9.54. The number of aromatic nitrogens is 4. The van der Waals surface area contributed by atoms with Gasteiger partial charge in [-0.3, -0.25) is 4.98 Å². The van der Waals surface area contributed by atoms with Crippen LogP contribution in [0.5, 0.6) is 0 Å². The fourth-order valence-corrected chi connectivity index (χ4v) is 4.81. The maximum atomic E-state index is 10.6. The van der Waals surface area contributed by atoms with Gasteiger partial charge in [0.15, 0.2) is 0 Å². The monoisotopic (exact) mass is 468 g/mol. The fourth-order valence-electron chi connectivity index (χ4n) is 4.81. The van der Waals surface area contributed by atoms with E-state index in [1.807, 2.05) is 24.5 Å². The maximum Gasteiger partial charge on any atom is 0.140 e. The second kappa shape index (κ2) is 9.96. The number of nitrogens with one attached hydrogen (secondary N) is 1. The molecule has 7 nitrogen and oxygen atoms in total. The number of nitrogens with zero attached hydrogens (tertiary/aromatic N) is 4. The van der Waals surface area contributed by atoms with E-state index in [-0.39, 0.29) is 5.54 Å². The van der Waals surface area contributed by atoms with Crippen molar-refractivity contribution >= 4 is 23.1 Å². The first-order valence-corrected chi connectivity index (χ1v) is 12.5. The number of pyridine rings is 2. The number of carbonyl (C=O) groups excluding carboxylic acids is 1. The van der Waals surface area contributed by atoms with Gasteiger partial charge in [-0.1, -0.05) is 13.0 Å². The van der Waals surface area contributed by atoms with Crippen LogP contribution in [0, 0.1) is 0 Å². The van der Waals surface area contributed by atoms with E-state index in [1.165, 1.54) is 5.56 Å². The molecule has 3 N–H and O–H groups in total. The average molecular weight is 469 g/mol. The van der Waals surface area contributed by atoms with E-state index in [4.69, 9.17) is 15.7 Å². The Hall–Kier alpha value is -3.58. The highest BCUT2D eigenvalue weighted by atomic mass is 16.1. The number of benzene rings is 1. The first-order chi connectivity index (χ1) is 17.1. The molecule has 1 saturated heterocycles. The van der Waals surface area contributed by atoms with Crippen molar-refractivity contribution in [3.8, 4) is 22.6 Å². The van der Waals surface area contributed by atoms with E-state index in [0.29, 0.717) is 6.42 Å². The number of piperidine rings is 1. The average Bonchev–Trinajstić information content (AvgIpc) is 3.33. The second-order valence-corrected chi connectivity index (χ2v) is 9.54. The summed E-state index contributed by atoms with van der Waals surface area (Å²) in [5.74, 6) is 1.79. The number of H-pyrrole nitrogens is 1. The Morgan fingerprint density at radius 3 is 2.54 bits per heavy atom. The zero-order valence-corrected chi connectivity index (χ0v) is 20.2. The molecule has 0 spiro atoms. The summed E-state index contributed by atoms with van der Waals surface area (Å²) in [4.78, 5) is 30.4. The largest absolute Gasteiger partial charge is 0.356 e. The minimum absolute atomic E-state index is 0.163. The van der Waals surface area contributed by atoms with Crippen molar-refractivity contribution < 1.29 is 4.79 Å². The standard InChI is InChI=1S/C28H32N6O/c1-2-20-5-8-24-25(17-20)33-27(32-24)22-6-9-23(30-19-22)21-7-10-26(31-18-21)34-14-12-28(29,13-15-34)11-3-4-16-35/h5-10,16-19H,2-4,11-15,29H2,1H3,(H,32,33). The molecule has 1 fully saturated rings. The molecule has 1 aromatic carbocycles. The Balaban J connectivity index is 1.24. The Bertz CT molecular complexity index is 1290. The topological polar surface area (TPSA) is 101 Å². The summed E-state index contributed by atoms with van der Waals surface area (Å²) in [6.45, 7) is 3.92. The van der Waals surface area contributed by atoms with Crippen molar-refractivity contribution in [2.24, 2.45) is 5.73 Å². The van der Waals surface area contributed by atoms with Crippen LogP contribution in [-0.4, -0.2) is 44.9 Å². The molecular formula is C28H32N6O. The highest BCUT2D eigenvalue weighted by Crippen LogP contribution is 2.29. The van der Waals surface area contributed by atoms with Crippen LogP contribution >= 0.6 is 0 Å². The summed E-state index contributed by atoms with van der Waals surface area (Å²) >= 11 is 0. The van der Waals surface area contributed by atoms with E-state index in [1.54, 1.807) is 0 Å². The lowest BCUT2D eigenvalue weighted by atomic mass is 9.84. The van der Waals surface area contributed by atoms with Crippen LogP contribution < -0.4 is 10.6 Å². The molecule has 0 atom stereocenters. The molecule has 3 aromatic heterocycles. The Morgan fingerprint density at radius 1 is 1.06 bits per heavy atom. The van der Waals surface area contributed by atoms with Crippen LogP contribution in [0.25, 0.3) is 33.7 Å². The maximum absolute atomic E-state index is 10.6. The van der Waals surface area contributed by atoms with Gasteiger partial charge in [-0.25, -0.2) is 9.97 Å². The number of imidazole rings is 1. The van der Waals surface area contributed by atoms with Crippen molar-refractivity contribution in [3.05, 3.63) is 60.4 Å². The summed E-state index contributed by atoms with van der Waals surface area (Å²) in [6, 6.07) is 14.5. The first-order valence-electron chi connectivity index (χ1n) is 12.5. The van der Waals surface area contributed by atoms with Crippen molar-refractivity contribution in [1.82, 2.24) is 19.9 Å². The van der Waals surface area contributed by atoms with Gasteiger partial charge in [-0.05, 0) is 74.1 Å². The van der Waals surface area contributed by atoms with Gasteiger partial charge in [0.2, 0.25) is 0 Å². The van der Waals surface area contributed by atoms with Gasteiger partial charge in [0, 0.05) is 48.6 Å². The molecule has 0 unspecified atom stereocenters. The highest BCUT2D eigenvalue weighted by Gasteiger charge is 2.30.